The molecule has 140 valence electrons. The lowest BCUT2D eigenvalue weighted by molar-refractivity contribution is -0.128. The van der Waals surface area contributed by atoms with Crippen LogP contribution in [0.25, 0.3) is 0 Å². The number of amides is 3. The van der Waals surface area contributed by atoms with Gasteiger partial charge < -0.3 is 11.1 Å². The van der Waals surface area contributed by atoms with Crippen molar-refractivity contribution in [1.82, 2.24) is 10.7 Å². The van der Waals surface area contributed by atoms with Gasteiger partial charge in [-0.05, 0) is 6.42 Å². The summed E-state index contributed by atoms with van der Waals surface area (Å²) in [5.41, 5.74) is 9.87. The summed E-state index contributed by atoms with van der Waals surface area (Å²) >= 11 is 0. The van der Waals surface area contributed by atoms with Crippen molar-refractivity contribution >= 4 is 23.4 Å². The lowest BCUT2D eigenvalue weighted by Gasteiger charge is -2.16. The average molecular weight is 366 g/mol. The zero-order valence-electron chi connectivity index (χ0n) is 15.0. The number of hydrogen-bond acceptors (Lipinski definition) is 4. The van der Waals surface area contributed by atoms with E-state index >= 15 is 0 Å². The second kappa shape index (κ2) is 9.86. The number of carbonyl (C=O) groups excluding carboxylic acids is 3. The Labute approximate surface area is 157 Å². The number of nitrogens with zero attached hydrogens (tertiary/aromatic N) is 1. The molecule has 2 aromatic rings. The van der Waals surface area contributed by atoms with Gasteiger partial charge in [-0.1, -0.05) is 60.7 Å². The second-order valence-corrected chi connectivity index (χ2v) is 5.93. The number of hydrogen-bond donors (Lipinski definition) is 3. The first-order valence-corrected chi connectivity index (χ1v) is 8.51. The Bertz CT molecular complexity index is 778. The molecule has 0 aliphatic rings. The van der Waals surface area contributed by atoms with E-state index in [0.717, 1.165) is 11.1 Å². The third-order valence-corrected chi connectivity index (χ3v) is 3.75. The fourth-order valence-corrected chi connectivity index (χ4v) is 2.48. The number of primary amides is 1. The monoisotopic (exact) mass is 366 g/mol. The van der Waals surface area contributed by atoms with Gasteiger partial charge in [-0.2, -0.15) is 5.10 Å². The summed E-state index contributed by atoms with van der Waals surface area (Å²) in [7, 11) is 0. The molecule has 0 spiro atoms. The van der Waals surface area contributed by atoms with Crippen LogP contribution in [-0.4, -0.2) is 29.5 Å². The predicted molar refractivity (Wildman–Crippen MR) is 103 cm³/mol. The van der Waals surface area contributed by atoms with E-state index in [0.29, 0.717) is 5.71 Å². The fourth-order valence-electron chi connectivity index (χ4n) is 2.48. The highest BCUT2D eigenvalue weighted by Gasteiger charge is 2.20. The lowest BCUT2D eigenvalue weighted by atomic mass is 10.0. The van der Waals surface area contributed by atoms with E-state index in [1.54, 1.807) is 0 Å². The molecule has 2 rings (SSSR count). The van der Waals surface area contributed by atoms with Crippen LogP contribution in [0.2, 0.25) is 0 Å². The molecule has 3 amide bonds. The summed E-state index contributed by atoms with van der Waals surface area (Å²) in [5, 5.41) is 6.78. The van der Waals surface area contributed by atoms with Crippen molar-refractivity contribution in [2.75, 3.05) is 0 Å². The third-order valence-electron chi connectivity index (χ3n) is 3.75. The standard InChI is InChI=1S/C20H22N4O3/c1-14(25)22-17(12-13-18(21)26)20(27)24-23-19(15-8-4-2-5-9-15)16-10-6-3-7-11-16/h2-11,17H,12-13H2,1H3,(H2,21,26)(H,22,25)(H,24,27). The second-order valence-electron chi connectivity index (χ2n) is 5.93. The van der Waals surface area contributed by atoms with Crippen molar-refractivity contribution < 1.29 is 14.4 Å². The summed E-state index contributed by atoms with van der Waals surface area (Å²) in [6, 6.07) is 17.9. The van der Waals surface area contributed by atoms with E-state index < -0.39 is 17.9 Å². The first kappa shape index (κ1) is 19.8. The van der Waals surface area contributed by atoms with Crippen LogP contribution >= 0.6 is 0 Å². The van der Waals surface area contributed by atoms with E-state index in [-0.39, 0.29) is 18.7 Å². The molecule has 1 atom stereocenters. The number of hydrazone groups is 1. The minimum atomic E-state index is -0.897. The minimum absolute atomic E-state index is 0.0215. The van der Waals surface area contributed by atoms with E-state index in [1.807, 2.05) is 60.7 Å². The van der Waals surface area contributed by atoms with Crippen molar-refractivity contribution in [3.05, 3.63) is 71.8 Å². The van der Waals surface area contributed by atoms with Gasteiger partial charge >= 0.3 is 0 Å². The molecule has 4 N–H and O–H groups in total. The Morgan fingerprint density at radius 2 is 1.48 bits per heavy atom. The van der Waals surface area contributed by atoms with Crippen LogP contribution in [0.3, 0.4) is 0 Å². The van der Waals surface area contributed by atoms with Crippen molar-refractivity contribution in [2.45, 2.75) is 25.8 Å². The number of carbonyl (C=O) groups is 3. The fraction of sp³-hybridized carbons (Fsp3) is 0.200. The highest BCUT2D eigenvalue weighted by molar-refractivity contribution is 6.13. The van der Waals surface area contributed by atoms with Crippen LogP contribution in [0.1, 0.15) is 30.9 Å². The molecule has 0 heterocycles. The Balaban J connectivity index is 2.24. The largest absolute Gasteiger partial charge is 0.370 e. The topological polar surface area (TPSA) is 114 Å². The van der Waals surface area contributed by atoms with Crippen LogP contribution in [0.4, 0.5) is 0 Å². The first-order valence-electron chi connectivity index (χ1n) is 8.51. The van der Waals surface area contributed by atoms with Crippen LogP contribution in [0.15, 0.2) is 65.8 Å². The summed E-state index contributed by atoms with van der Waals surface area (Å²) in [5.74, 6) is -1.44. The molecule has 0 aromatic heterocycles. The molecule has 0 saturated carbocycles. The normalized spacial score (nSPS) is 11.1. The Morgan fingerprint density at radius 1 is 0.963 bits per heavy atom. The van der Waals surface area contributed by atoms with Crippen molar-refractivity contribution in [1.29, 1.82) is 0 Å². The molecule has 7 nitrogen and oxygen atoms in total. The number of nitrogens with two attached hydrogens (primary N) is 1. The van der Waals surface area contributed by atoms with Crippen molar-refractivity contribution in [3.8, 4) is 0 Å². The van der Waals surface area contributed by atoms with Gasteiger partial charge in [0.1, 0.15) is 6.04 Å². The number of benzene rings is 2. The molecule has 0 bridgehead atoms. The Morgan fingerprint density at radius 3 is 1.93 bits per heavy atom. The molecular weight excluding hydrogens is 344 g/mol. The number of rotatable bonds is 8. The van der Waals surface area contributed by atoms with E-state index in [4.69, 9.17) is 5.73 Å². The Kier molecular flexibility index (Phi) is 7.25. The highest BCUT2D eigenvalue weighted by atomic mass is 16.2. The van der Waals surface area contributed by atoms with Gasteiger partial charge in [0.05, 0.1) is 5.71 Å². The zero-order valence-corrected chi connectivity index (χ0v) is 15.0. The van der Waals surface area contributed by atoms with Gasteiger partial charge in [0, 0.05) is 24.5 Å². The van der Waals surface area contributed by atoms with E-state index in [1.165, 1.54) is 6.92 Å². The van der Waals surface area contributed by atoms with Gasteiger partial charge in [0.15, 0.2) is 0 Å². The van der Waals surface area contributed by atoms with Gasteiger partial charge in [-0.15, -0.1) is 0 Å². The summed E-state index contributed by atoms with van der Waals surface area (Å²) < 4.78 is 0. The maximum absolute atomic E-state index is 12.5. The zero-order chi connectivity index (χ0) is 19.6. The minimum Gasteiger partial charge on any atom is -0.370 e. The summed E-state index contributed by atoms with van der Waals surface area (Å²) in [4.78, 5) is 34.8. The van der Waals surface area contributed by atoms with Gasteiger partial charge in [-0.25, -0.2) is 5.43 Å². The third kappa shape index (κ3) is 6.39. The lowest BCUT2D eigenvalue weighted by Crippen LogP contribution is -2.45. The Hall–Kier alpha value is -3.48. The molecule has 0 aliphatic carbocycles. The maximum atomic E-state index is 12.5. The van der Waals surface area contributed by atoms with Gasteiger partial charge in [-0.3, -0.25) is 14.4 Å². The molecule has 0 fully saturated rings. The molecule has 0 aliphatic heterocycles. The first-order chi connectivity index (χ1) is 13.0. The van der Waals surface area contributed by atoms with Gasteiger partial charge in [0.2, 0.25) is 11.8 Å². The SMILES string of the molecule is CC(=O)NC(CCC(N)=O)C(=O)NN=C(c1ccccc1)c1ccccc1. The van der Waals surface area contributed by atoms with Crippen LogP contribution < -0.4 is 16.5 Å². The van der Waals surface area contributed by atoms with Crippen molar-refractivity contribution in [2.24, 2.45) is 10.8 Å². The highest BCUT2D eigenvalue weighted by Crippen LogP contribution is 2.10. The smallest absolute Gasteiger partial charge is 0.262 e. The quantitative estimate of drug-likeness (QED) is 0.484. The summed E-state index contributed by atoms with van der Waals surface area (Å²) in [6.45, 7) is 1.30. The van der Waals surface area contributed by atoms with Crippen LogP contribution in [-0.2, 0) is 14.4 Å². The molecular formula is C20H22N4O3. The van der Waals surface area contributed by atoms with Crippen LogP contribution in [0.5, 0.6) is 0 Å². The maximum Gasteiger partial charge on any atom is 0.262 e. The molecule has 27 heavy (non-hydrogen) atoms. The van der Waals surface area contributed by atoms with E-state index in [9.17, 15) is 14.4 Å². The van der Waals surface area contributed by atoms with E-state index in [2.05, 4.69) is 15.8 Å². The van der Waals surface area contributed by atoms with Crippen molar-refractivity contribution in [3.63, 3.8) is 0 Å². The number of nitrogens with one attached hydrogen (secondary N) is 2. The van der Waals surface area contributed by atoms with Gasteiger partial charge in [0.25, 0.3) is 5.91 Å². The average Bonchev–Trinajstić information content (AvgIpc) is 2.66. The molecule has 0 saturated heterocycles. The molecule has 2 aromatic carbocycles. The molecule has 1 unspecified atom stereocenters. The molecule has 7 heteroatoms. The molecule has 0 radical (unpaired) electrons. The summed E-state index contributed by atoms with van der Waals surface area (Å²) in [6.07, 6.45) is 0.0780. The predicted octanol–water partition coefficient (Wildman–Crippen LogP) is 1.33. The van der Waals surface area contributed by atoms with Crippen LogP contribution in [0, 0.1) is 0 Å².